The van der Waals surface area contributed by atoms with E-state index in [4.69, 9.17) is 0 Å². The van der Waals surface area contributed by atoms with E-state index in [0.29, 0.717) is 11.2 Å². The van der Waals surface area contributed by atoms with Crippen molar-refractivity contribution in [2.45, 2.75) is 46.2 Å². The van der Waals surface area contributed by atoms with E-state index in [1.54, 1.807) is 0 Å². The maximum absolute atomic E-state index is 13.1. The third kappa shape index (κ3) is 2.50. The molecule has 0 fully saturated rings. The molecule has 1 aromatic carbocycles. The molecule has 0 saturated heterocycles. The molecule has 0 unspecified atom stereocenters. The summed E-state index contributed by atoms with van der Waals surface area (Å²) >= 11 is 0. The molecule has 2 aromatic heterocycles. The Bertz CT molecular complexity index is 891. The second-order valence-electron chi connectivity index (χ2n) is 5.87. The highest BCUT2D eigenvalue weighted by molar-refractivity contribution is 6.07. The molecule has 3 rings (SSSR count). The predicted molar refractivity (Wildman–Crippen MR) is 96.2 cm³/mol. The molecule has 0 bridgehead atoms. The van der Waals surface area contributed by atoms with Gasteiger partial charge in [0.15, 0.2) is 5.82 Å². The van der Waals surface area contributed by atoms with Gasteiger partial charge in [0.05, 0.1) is 11.0 Å². The summed E-state index contributed by atoms with van der Waals surface area (Å²) in [6.07, 6.45) is 3.07. The molecule has 0 spiro atoms. The highest BCUT2D eigenvalue weighted by atomic mass is 16.1. The molecular weight excluding hydrogens is 288 g/mol. The zero-order chi connectivity index (χ0) is 16.4. The first-order chi connectivity index (χ1) is 11.2. The Hall–Kier alpha value is -2.30. The molecule has 23 heavy (non-hydrogen) atoms. The summed E-state index contributed by atoms with van der Waals surface area (Å²) in [6, 6.07) is 8.14. The molecule has 0 aliphatic rings. The summed E-state index contributed by atoms with van der Waals surface area (Å²) in [7, 11) is 1.82. The summed E-state index contributed by atoms with van der Waals surface area (Å²) in [4.78, 5) is 13.1. The minimum Gasteiger partial charge on any atom is -0.371 e. The van der Waals surface area contributed by atoms with Crippen molar-refractivity contribution < 1.29 is 0 Å². The van der Waals surface area contributed by atoms with Gasteiger partial charge in [0.25, 0.3) is 5.56 Å². The van der Waals surface area contributed by atoms with Crippen molar-refractivity contribution in [3.63, 3.8) is 0 Å². The third-order valence-corrected chi connectivity index (χ3v) is 4.27. The fourth-order valence-electron chi connectivity index (χ4n) is 3.18. The number of hydrogen-bond donors (Lipinski definition) is 1. The van der Waals surface area contributed by atoms with Gasteiger partial charge in [-0.15, -0.1) is 0 Å². The Morgan fingerprint density at radius 1 is 1.13 bits per heavy atom. The molecule has 0 radical (unpaired) electrons. The van der Waals surface area contributed by atoms with Gasteiger partial charge in [0.1, 0.15) is 5.39 Å². The van der Waals surface area contributed by atoms with Crippen LogP contribution in [-0.2, 0) is 13.1 Å². The van der Waals surface area contributed by atoms with Gasteiger partial charge in [-0.3, -0.25) is 9.48 Å². The molecule has 5 heteroatoms. The van der Waals surface area contributed by atoms with Crippen LogP contribution in [0.2, 0.25) is 0 Å². The Kier molecular flexibility index (Phi) is 4.37. The number of pyridine rings is 1. The lowest BCUT2D eigenvalue weighted by Gasteiger charge is -2.11. The summed E-state index contributed by atoms with van der Waals surface area (Å²) < 4.78 is 3.87. The van der Waals surface area contributed by atoms with Crippen molar-refractivity contribution in [3.05, 3.63) is 34.6 Å². The van der Waals surface area contributed by atoms with Crippen LogP contribution in [0.5, 0.6) is 0 Å². The smallest absolute Gasteiger partial charge is 0.264 e. The van der Waals surface area contributed by atoms with E-state index in [2.05, 4.69) is 30.3 Å². The normalized spacial score (nSPS) is 11.4. The Morgan fingerprint density at radius 2 is 1.91 bits per heavy atom. The number of nitrogens with one attached hydrogen (secondary N) is 1. The predicted octanol–water partition coefficient (Wildman–Crippen LogP) is 3.60. The van der Waals surface area contributed by atoms with Crippen molar-refractivity contribution in [1.29, 1.82) is 0 Å². The summed E-state index contributed by atoms with van der Waals surface area (Å²) in [5.74, 6) is 0.678. The van der Waals surface area contributed by atoms with Crippen LogP contribution >= 0.6 is 0 Å². The molecule has 1 N–H and O–H groups in total. The number of para-hydroxylation sites is 1. The molecule has 2 heterocycles. The minimum absolute atomic E-state index is 0.0487. The average molecular weight is 312 g/mol. The van der Waals surface area contributed by atoms with Crippen LogP contribution in [-0.4, -0.2) is 21.4 Å². The highest BCUT2D eigenvalue weighted by Gasteiger charge is 2.19. The maximum atomic E-state index is 13.1. The highest BCUT2D eigenvalue weighted by Crippen LogP contribution is 2.27. The van der Waals surface area contributed by atoms with Crippen molar-refractivity contribution in [2.24, 2.45) is 0 Å². The number of anilines is 1. The Labute approximate surface area is 135 Å². The van der Waals surface area contributed by atoms with E-state index in [1.807, 2.05) is 34.5 Å². The zero-order valence-electron chi connectivity index (χ0n) is 14.1. The number of benzene rings is 1. The Balaban J connectivity index is 2.44. The first-order valence-corrected chi connectivity index (χ1v) is 8.42. The number of fused-ring (bicyclic) bond motifs is 3. The molecular formula is C18H24N4O. The van der Waals surface area contributed by atoms with Crippen LogP contribution in [0.15, 0.2) is 29.1 Å². The number of aryl methyl sites for hydroxylation is 2. The lowest BCUT2D eigenvalue weighted by molar-refractivity contribution is 0.590. The van der Waals surface area contributed by atoms with E-state index in [-0.39, 0.29) is 5.56 Å². The monoisotopic (exact) mass is 312 g/mol. The van der Waals surface area contributed by atoms with Gasteiger partial charge >= 0.3 is 0 Å². The topological polar surface area (TPSA) is 51.9 Å². The molecule has 122 valence electrons. The first-order valence-electron chi connectivity index (χ1n) is 8.42. The fourth-order valence-corrected chi connectivity index (χ4v) is 3.18. The fraction of sp³-hybridized carbons (Fsp3) is 0.444. The second-order valence-corrected chi connectivity index (χ2v) is 5.87. The second kappa shape index (κ2) is 6.44. The molecule has 0 aliphatic heterocycles. The van der Waals surface area contributed by atoms with Crippen LogP contribution in [0.4, 0.5) is 5.82 Å². The summed E-state index contributed by atoms with van der Waals surface area (Å²) in [6.45, 7) is 5.81. The van der Waals surface area contributed by atoms with Crippen molar-refractivity contribution in [3.8, 4) is 0 Å². The van der Waals surface area contributed by atoms with E-state index in [1.165, 1.54) is 0 Å². The van der Waals surface area contributed by atoms with E-state index in [0.717, 1.165) is 48.8 Å². The largest absolute Gasteiger partial charge is 0.371 e. The van der Waals surface area contributed by atoms with Gasteiger partial charge in [-0.2, -0.15) is 5.10 Å². The maximum Gasteiger partial charge on any atom is 0.264 e. The lowest BCUT2D eigenvalue weighted by Crippen LogP contribution is -2.21. The lowest BCUT2D eigenvalue weighted by atomic mass is 10.1. The Morgan fingerprint density at radius 3 is 2.61 bits per heavy atom. The number of rotatable bonds is 6. The van der Waals surface area contributed by atoms with Gasteiger partial charge < -0.3 is 9.88 Å². The number of nitrogens with zero attached hydrogens (tertiary/aromatic N) is 3. The van der Waals surface area contributed by atoms with Gasteiger partial charge in [0.2, 0.25) is 0 Å². The quantitative estimate of drug-likeness (QED) is 0.756. The summed E-state index contributed by atoms with van der Waals surface area (Å²) in [5.41, 5.74) is 2.00. The molecule has 0 saturated carbocycles. The van der Waals surface area contributed by atoms with Crippen LogP contribution in [0, 0.1) is 0 Å². The van der Waals surface area contributed by atoms with Crippen LogP contribution in [0.25, 0.3) is 21.8 Å². The third-order valence-electron chi connectivity index (χ3n) is 4.27. The molecule has 0 atom stereocenters. The van der Waals surface area contributed by atoms with Gasteiger partial charge in [-0.05, 0) is 18.9 Å². The average Bonchev–Trinajstić information content (AvgIpc) is 2.95. The van der Waals surface area contributed by atoms with Gasteiger partial charge in [0, 0.05) is 25.5 Å². The van der Waals surface area contributed by atoms with E-state index in [9.17, 15) is 4.79 Å². The SMILES string of the molecule is CCCCn1nc(NC)c2c(=O)n(CCC)c3ccccc3c21. The van der Waals surface area contributed by atoms with Crippen molar-refractivity contribution in [1.82, 2.24) is 14.3 Å². The van der Waals surface area contributed by atoms with Crippen LogP contribution in [0.3, 0.4) is 0 Å². The number of aromatic nitrogens is 3. The number of hydrogen-bond acceptors (Lipinski definition) is 3. The van der Waals surface area contributed by atoms with E-state index < -0.39 is 0 Å². The molecule has 0 aliphatic carbocycles. The van der Waals surface area contributed by atoms with E-state index >= 15 is 0 Å². The van der Waals surface area contributed by atoms with Gasteiger partial charge in [-0.25, -0.2) is 0 Å². The molecule has 5 nitrogen and oxygen atoms in total. The first kappa shape index (κ1) is 15.6. The zero-order valence-corrected chi connectivity index (χ0v) is 14.1. The van der Waals surface area contributed by atoms with Crippen LogP contribution in [0.1, 0.15) is 33.1 Å². The van der Waals surface area contributed by atoms with Crippen LogP contribution < -0.4 is 10.9 Å². The molecule has 0 amide bonds. The summed E-state index contributed by atoms with van der Waals surface area (Å²) in [5, 5.41) is 9.55. The number of unbranched alkanes of at least 4 members (excludes halogenated alkanes) is 1. The van der Waals surface area contributed by atoms with Gasteiger partial charge in [-0.1, -0.05) is 38.5 Å². The van der Waals surface area contributed by atoms with Crippen molar-refractivity contribution in [2.75, 3.05) is 12.4 Å². The molecule has 3 aromatic rings. The minimum atomic E-state index is 0.0487. The standard InChI is InChI=1S/C18H24N4O/c1-4-6-12-22-16-13-9-7-8-10-14(13)21(11-5-2)18(23)15(16)17(19-3)20-22/h7-10H,4-6,11-12H2,1-3H3,(H,19,20). The van der Waals surface area contributed by atoms with Crippen molar-refractivity contribution >= 4 is 27.6 Å².